The highest BCUT2D eigenvalue weighted by Crippen LogP contribution is 2.35. The molecule has 0 radical (unpaired) electrons. The molecule has 6 nitrogen and oxygen atoms in total. The second-order valence-corrected chi connectivity index (χ2v) is 11.2. The largest absolute Gasteiger partial charge is 0.343 e. The van der Waals surface area contributed by atoms with Crippen LogP contribution in [-0.2, 0) is 14.6 Å². The molecular weight excluding hydrogens is 430 g/mol. The molecule has 8 heteroatoms. The Bertz CT molecular complexity index is 1020. The van der Waals surface area contributed by atoms with Gasteiger partial charge in [-0.3, -0.25) is 9.78 Å². The Morgan fingerprint density at radius 1 is 1.23 bits per heavy atom. The van der Waals surface area contributed by atoms with Crippen molar-refractivity contribution < 1.29 is 13.2 Å². The number of thioether (sulfide) groups is 1. The second-order valence-electron chi connectivity index (χ2n) is 7.79. The minimum absolute atomic E-state index is 0.0472. The van der Waals surface area contributed by atoms with E-state index in [2.05, 4.69) is 17.2 Å². The summed E-state index contributed by atoms with van der Waals surface area (Å²) < 4.78 is 26.1. The highest BCUT2D eigenvalue weighted by molar-refractivity contribution is 7.99. The summed E-state index contributed by atoms with van der Waals surface area (Å²) in [5.41, 5.74) is 0.974. The van der Waals surface area contributed by atoms with Crippen molar-refractivity contribution in [3.63, 3.8) is 0 Å². The molecule has 31 heavy (non-hydrogen) atoms. The summed E-state index contributed by atoms with van der Waals surface area (Å²) in [5.74, 6) is -0.840. The fourth-order valence-electron chi connectivity index (χ4n) is 3.99. The molecule has 0 bridgehead atoms. The number of pyridine rings is 1. The zero-order chi connectivity index (χ0) is 22.3. The van der Waals surface area contributed by atoms with E-state index in [1.807, 2.05) is 36.4 Å². The maximum Gasteiger partial charge on any atom is 0.224 e. The maximum atomic E-state index is 13.0. The first kappa shape index (κ1) is 23.3. The van der Waals surface area contributed by atoms with Crippen LogP contribution in [0, 0.1) is 23.2 Å². The molecule has 3 unspecified atom stereocenters. The number of carbonyl (C=O) groups is 1. The molecule has 3 atom stereocenters. The van der Waals surface area contributed by atoms with Crippen molar-refractivity contribution in [1.29, 1.82) is 5.26 Å². The lowest BCUT2D eigenvalue weighted by Gasteiger charge is -2.30. The Morgan fingerprint density at radius 3 is 2.65 bits per heavy atom. The predicted molar refractivity (Wildman–Crippen MR) is 121 cm³/mol. The molecule has 1 saturated carbocycles. The third kappa shape index (κ3) is 6.31. The van der Waals surface area contributed by atoms with E-state index in [4.69, 9.17) is 5.26 Å². The van der Waals surface area contributed by atoms with Crippen LogP contribution in [0.5, 0.6) is 0 Å². The summed E-state index contributed by atoms with van der Waals surface area (Å²) in [6.07, 6.45) is 4.96. The van der Waals surface area contributed by atoms with Gasteiger partial charge < -0.3 is 5.32 Å². The number of nitriles is 1. The minimum atomic E-state index is -3.51. The molecule has 0 saturated heterocycles. The number of rotatable bonds is 8. The summed E-state index contributed by atoms with van der Waals surface area (Å²) in [4.78, 5) is 18.0. The molecule has 1 aliphatic carbocycles. The van der Waals surface area contributed by atoms with Crippen LogP contribution in [0.3, 0.4) is 0 Å². The van der Waals surface area contributed by atoms with Crippen LogP contribution in [0.2, 0.25) is 0 Å². The van der Waals surface area contributed by atoms with Crippen molar-refractivity contribution in [2.24, 2.45) is 11.8 Å². The van der Waals surface area contributed by atoms with Gasteiger partial charge in [-0.1, -0.05) is 18.9 Å². The summed E-state index contributed by atoms with van der Waals surface area (Å²) in [6, 6.07) is 14.7. The number of hydrogen-bond donors (Lipinski definition) is 1. The Hall–Kier alpha value is -2.37. The SMILES string of the molecule is CC(Sc1ccc(S(=O)(=O)CC2CCCCC2C(=O)NCC#N)cc1)c1ccccn1. The number of nitrogens with one attached hydrogen (secondary N) is 1. The lowest BCUT2D eigenvalue weighted by Crippen LogP contribution is -2.39. The van der Waals surface area contributed by atoms with Crippen molar-refractivity contribution >= 4 is 27.5 Å². The van der Waals surface area contributed by atoms with Crippen LogP contribution in [-0.4, -0.2) is 31.6 Å². The van der Waals surface area contributed by atoms with Gasteiger partial charge in [0.15, 0.2) is 9.84 Å². The monoisotopic (exact) mass is 457 g/mol. The highest BCUT2D eigenvalue weighted by Gasteiger charge is 2.34. The van der Waals surface area contributed by atoms with E-state index >= 15 is 0 Å². The molecule has 1 aromatic carbocycles. The van der Waals surface area contributed by atoms with E-state index in [-0.39, 0.29) is 40.2 Å². The Labute approximate surface area is 188 Å². The van der Waals surface area contributed by atoms with E-state index in [9.17, 15) is 13.2 Å². The van der Waals surface area contributed by atoms with Crippen LogP contribution >= 0.6 is 11.8 Å². The zero-order valence-corrected chi connectivity index (χ0v) is 19.2. The molecule has 1 heterocycles. The van der Waals surface area contributed by atoms with Crippen molar-refractivity contribution in [3.05, 3.63) is 54.4 Å². The Balaban J connectivity index is 1.67. The third-order valence-corrected chi connectivity index (χ3v) is 8.62. The molecule has 0 spiro atoms. The summed E-state index contributed by atoms with van der Waals surface area (Å²) in [7, 11) is -3.51. The standard InChI is InChI=1S/C23H27N3O3S2/c1-17(22-8-4-5-14-25-22)30-19-9-11-20(12-10-19)31(28,29)16-18-6-2-3-7-21(18)23(27)26-15-13-24/h4-5,8-12,14,17-18,21H,2-3,6-7,15-16H2,1H3,(H,26,27). The summed E-state index contributed by atoms with van der Waals surface area (Å²) in [5, 5.41) is 11.4. The van der Waals surface area contributed by atoms with Gasteiger partial charge in [-0.15, -0.1) is 11.8 Å². The van der Waals surface area contributed by atoms with Crippen LogP contribution in [0.25, 0.3) is 0 Å². The normalized spacial score (nSPS) is 19.9. The summed E-state index contributed by atoms with van der Waals surface area (Å²) >= 11 is 1.63. The average Bonchev–Trinajstić information content (AvgIpc) is 2.78. The van der Waals surface area contributed by atoms with Gasteiger partial charge in [0.2, 0.25) is 5.91 Å². The number of benzene rings is 1. The fourth-order valence-corrected chi connectivity index (χ4v) is 6.66. The first-order valence-electron chi connectivity index (χ1n) is 10.5. The molecular formula is C23H27N3O3S2. The second kappa shape index (κ2) is 10.8. The Morgan fingerprint density at radius 2 is 1.97 bits per heavy atom. The first-order valence-corrected chi connectivity index (χ1v) is 13.0. The van der Waals surface area contributed by atoms with Gasteiger partial charge in [0, 0.05) is 22.3 Å². The van der Waals surface area contributed by atoms with Crippen molar-refractivity contribution in [2.75, 3.05) is 12.3 Å². The maximum absolute atomic E-state index is 13.0. The van der Waals surface area contributed by atoms with E-state index < -0.39 is 9.84 Å². The van der Waals surface area contributed by atoms with Crippen molar-refractivity contribution in [1.82, 2.24) is 10.3 Å². The van der Waals surface area contributed by atoms with Crippen LogP contribution < -0.4 is 5.32 Å². The fraction of sp³-hybridized carbons (Fsp3) is 0.435. The van der Waals surface area contributed by atoms with Crippen molar-refractivity contribution in [2.45, 2.75) is 47.6 Å². The molecule has 1 aliphatic rings. The van der Waals surface area contributed by atoms with Crippen LogP contribution in [0.15, 0.2) is 58.5 Å². The summed E-state index contributed by atoms with van der Waals surface area (Å²) in [6.45, 7) is 2.02. The van der Waals surface area contributed by atoms with E-state index in [0.717, 1.165) is 23.4 Å². The lowest BCUT2D eigenvalue weighted by atomic mass is 9.80. The van der Waals surface area contributed by atoms with Gasteiger partial charge >= 0.3 is 0 Å². The Kier molecular flexibility index (Phi) is 8.10. The van der Waals surface area contributed by atoms with E-state index in [1.54, 1.807) is 30.1 Å². The van der Waals surface area contributed by atoms with Gasteiger partial charge in [0.1, 0.15) is 6.54 Å². The van der Waals surface area contributed by atoms with E-state index in [0.29, 0.717) is 12.8 Å². The van der Waals surface area contributed by atoms with Gasteiger partial charge in [-0.25, -0.2) is 8.42 Å². The number of carbonyl (C=O) groups excluding carboxylic acids is 1. The smallest absolute Gasteiger partial charge is 0.224 e. The molecule has 0 aliphatic heterocycles. The van der Waals surface area contributed by atoms with Crippen LogP contribution in [0.1, 0.15) is 43.6 Å². The highest BCUT2D eigenvalue weighted by atomic mass is 32.2. The topological polar surface area (TPSA) is 99.9 Å². The molecule has 1 fully saturated rings. The lowest BCUT2D eigenvalue weighted by molar-refractivity contribution is -0.127. The number of amides is 1. The molecule has 1 aromatic heterocycles. The minimum Gasteiger partial charge on any atom is -0.343 e. The van der Waals surface area contributed by atoms with Gasteiger partial charge in [-0.2, -0.15) is 5.26 Å². The molecule has 1 amide bonds. The van der Waals surface area contributed by atoms with Crippen LogP contribution in [0.4, 0.5) is 0 Å². The number of aromatic nitrogens is 1. The predicted octanol–water partition coefficient (Wildman–Crippen LogP) is 4.15. The molecule has 164 valence electrons. The average molecular weight is 458 g/mol. The van der Waals surface area contributed by atoms with Gasteiger partial charge in [-0.05, 0) is 62.1 Å². The third-order valence-electron chi connectivity index (χ3n) is 5.62. The molecule has 3 rings (SSSR count). The first-order chi connectivity index (χ1) is 14.9. The quantitative estimate of drug-likeness (QED) is 0.472. The van der Waals surface area contributed by atoms with Gasteiger partial charge in [0.25, 0.3) is 0 Å². The van der Waals surface area contributed by atoms with Gasteiger partial charge in [0.05, 0.1) is 22.4 Å². The molecule has 1 N–H and O–H groups in total. The van der Waals surface area contributed by atoms with E-state index in [1.165, 1.54) is 0 Å². The number of hydrogen-bond acceptors (Lipinski definition) is 6. The number of sulfone groups is 1. The van der Waals surface area contributed by atoms with Crippen molar-refractivity contribution in [3.8, 4) is 6.07 Å². The number of nitrogens with zero attached hydrogens (tertiary/aromatic N) is 2. The molecule has 2 aromatic rings. The zero-order valence-electron chi connectivity index (χ0n) is 17.5.